The second-order valence-electron chi connectivity index (χ2n) is 8.30. The van der Waals surface area contributed by atoms with E-state index in [-0.39, 0.29) is 11.6 Å². The quantitative estimate of drug-likeness (QED) is 0.537. The lowest BCUT2D eigenvalue weighted by Gasteiger charge is -2.28. The third kappa shape index (κ3) is 4.03. The van der Waals surface area contributed by atoms with Gasteiger partial charge in [-0.3, -0.25) is 14.8 Å². The third-order valence-electron chi connectivity index (χ3n) is 5.62. The molecule has 2 aromatic carbocycles. The Bertz CT molecular complexity index is 1190. The molecule has 1 aliphatic rings. The number of anilines is 1. The minimum absolute atomic E-state index is 0.235. The van der Waals surface area contributed by atoms with E-state index in [0.29, 0.717) is 40.4 Å². The first-order chi connectivity index (χ1) is 15.7. The number of carbonyl (C=O) groups excluding carboxylic acids is 1. The molecule has 1 N–H and O–H groups in total. The molecule has 0 spiro atoms. The van der Waals surface area contributed by atoms with Gasteiger partial charge in [-0.15, -0.1) is 0 Å². The van der Waals surface area contributed by atoms with Gasteiger partial charge in [0.25, 0.3) is 5.91 Å². The number of aromatic nitrogens is 2. The number of nitrogens with zero attached hydrogens (tertiary/aromatic N) is 2. The van der Waals surface area contributed by atoms with Gasteiger partial charge in [0.1, 0.15) is 17.2 Å². The molecule has 3 aromatic rings. The highest BCUT2D eigenvalue weighted by Crippen LogP contribution is 2.47. The number of aromatic amines is 1. The maximum absolute atomic E-state index is 13.5. The van der Waals surface area contributed by atoms with E-state index in [1.54, 1.807) is 24.3 Å². The van der Waals surface area contributed by atoms with E-state index in [1.807, 2.05) is 13.8 Å². The Hall–Kier alpha value is -3.49. The molecule has 174 valence electrons. The fourth-order valence-corrected chi connectivity index (χ4v) is 4.19. The van der Waals surface area contributed by atoms with Crippen LogP contribution < -0.4 is 14.4 Å². The number of alkyl halides is 3. The standard InChI is InChI=1S/C24H24F3N3O3/c1-13(2)10-17-20-21(29-28-17)23(31)30(18-9-8-16(32-3)12-19(18)33-4)22(20)14-6-5-7-15(11-14)24(25,26)27/h5-9,11-13,22H,10H2,1-4H3,(H,28,29). The van der Waals surface area contributed by atoms with Crippen molar-refractivity contribution in [2.75, 3.05) is 19.1 Å². The Morgan fingerprint density at radius 2 is 1.88 bits per heavy atom. The highest BCUT2D eigenvalue weighted by molar-refractivity contribution is 6.11. The summed E-state index contributed by atoms with van der Waals surface area (Å²) in [7, 11) is 2.97. The minimum Gasteiger partial charge on any atom is -0.497 e. The zero-order valence-electron chi connectivity index (χ0n) is 18.7. The van der Waals surface area contributed by atoms with Gasteiger partial charge >= 0.3 is 6.18 Å². The topological polar surface area (TPSA) is 67.5 Å². The number of hydrogen-bond donors (Lipinski definition) is 1. The lowest BCUT2D eigenvalue weighted by atomic mass is 9.94. The van der Waals surface area contributed by atoms with Gasteiger partial charge in [-0.1, -0.05) is 26.0 Å². The highest BCUT2D eigenvalue weighted by atomic mass is 19.4. The third-order valence-corrected chi connectivity index (χ3v) is 5.62. The van der Waals surface area contributed by atoms with E-state index < -0.39 is 23.7 Å². The minimum atomic E-state index is -4.51. The van der Waals surface area contributed by atoms with Crippen molar-refractivity contribution in [3.63, 3.8) is 0 Å². The summed E-state index contributed by atoms with van der Waals surface area (Å²) in [5.41, 5.74) is 1.49. The number of hydrogen-bond acceptors (Lipinski definition) is 4. The van der Waals surface area contributed by atoms with E-state index in [2.05, 4.69) is 10.2 Å². The van der Waals surface area contributed by atoms with Crippen molar-refractivity contribution in [3.05, 3.63) is 70.5 Å². The molecule has 1 aliphatic heterocycles. The number of methoxy groups -OCH3 is 2. The van der Waals surface area contributed by atoms with Crippen molar-refractivity contribution in [2.24, 2.45) is 5.92 Å². The molecule has 1 aromatic heterocycles. The maximum Gasteiger partial charge on any atom is 0.416 e. The molecule has 33 heavy (non-hydrogen) atoms. The maximum atomic E-state index is 13.5. The Kier molecular flexibility index (Phi) is 5.82. The van der Waals surface area contributed by atoms with E-state index >= 15 is 0 Å². The number of fused-ring (bicyclic) bond motifs is 1. The molecule has 0 fully saturated rings. The summed E-state index contributed by atoms with van der Waals surface area (Å²) in [6.45, 7) is 4.03. The molecule has 0 radical (unpaired) electrons. The summed E-state index contributed by atoms with van der Waals surface area (Å²) in [6.07, 6.45) is -3.94. The van der Waals surface area contributed by atoms with E-state index in [9.17, 15) is 18.0 Å². The van der Waals surface area contributed by atoms with Crippen LogP contribution in [0.2, 0.25) is 0 Å². The Labute approximate surface area is 189 Å². The van der Waals surface area contributed by atoms with Crippen LogP contribution in [0.25, 0.3) is 0 Å². The second kappa shape index (κ2) is 8.46. The van der Waals surface area contributed by atoms with Gasteiger partial charge in [-0.25, -0.2) is 0 Å². The average molecular weight is 459 g/mol. The summed E-state index contributed by atoms with van der Waals surface area (Å²) < 4.78 is 51.3. The first kappa shape index (κ1) is 22.7. The molecule has 2 heterocycles. The van der Waals surface area contributed by atoms with Crippen molar-refractivity contribution < 1.29 is 27.4 Å². The van der Waals surface area contributed by atoms with Gasteiger partial charge in [0.05, 0.1) is 37.2 Å². The highest BCUT2D eigenvalue weighted by Gasteiger charge is 2.44. The van der Waals surface area contributed by atoms with E-state index in [4.69, 9.17) is 9.47 Å². The van der Waals surface area contributed by atoms with Crippen LogP contribution in [0.4, 0.5) is 18.9 Å². The van der Waals surface area contributed by atoms with Crippen molar-refractivity contribution in [1.29, 1.82) is 0 Å². The van der Waals surface area contributed by atoms with Crippen LogP contribution in [-0.4, -0.2) is 30.3 Å². The molecule has 1 atom stereocenters. The van der Waals surface area contributed by atoms with Gasteiger partial charge < -0.3 is 9.47 Å². The molecule has 6 nitrogen and oxygen atoms in total. The van der Waals surface area contributed by atoms with Crippen molar-refractivity contribution in [2.45, 2.75) is 32.5 Å². The van der Waals surface area contributed by atoms with Gasteiger partial charge in [0.2, 0.25) is 0 Å². The van der Waals surface area contributed by atoms with Crippen molar-refractivity contribution >= 4 is 11.6 Å². The summed E-state index contributed by atoms with van der Waals surface area (Å²) in [4.78, 5) is 15.0. The van der Waals surface area contributed by atoms with Gasteiger partial charge in [-0.05, 0) is 42.2 Å². The van der Waals surface area contributed by atoms with Crippen molar-refractivity contribution in [3.8, 4) is 11.5 Å². The Morgan fingerprint density at radius 3 is 2.52 bits per heavy atom. The van der Waals surface area contributed by atoms with Crippen LogP contribution in [0.3, 0.4) is 0 Å². The molecule has 4 rings (SSSR count). The van der Waals surface area contributed by atoms with Crippen molar-refractivity contribution in [1.82, 2.24) is 10.2 Å². The normalized spacial score (nSPS) is 15.8. The number of halogens is 3. The molecule has 1 amide bonds. The van der Waals surface area contributed by atoms with Crippen LogP contribution >= 0.6 is 0 Å². The lowest BCUT2D eigenvalue weighted by molar-refractivity contribution is -0.137. The first-order valence-electron chi connectivity index (χ1n) is 10.5. The summed E-state index contributed by atoms with van der Waals surface area (Å²) in [5, 5.41) is 7.14. The smallest absolute Gasteiger partial charge is 0.416 e. The number of carbonyl (C=O) groups is 1. The Balaban J connectivity index is 1.93. The number of nitrogens with one attached hydrogen (secondary N) is 1. The van der Waals surface area contributed by atoms with E-state index in [1.165, 1.54) is 25.2 Å². The van der Waals surface area contributed by atoms with Crippen LogP contribution in [0.5, 0.6) is 11.5 Å². The van der Waals surface area contributed by atoms with Crippen LogP contribution in [0, 0.1) is 5.92 Å². The lowest BCUT2D eigenvalue weighted by Crippen LogP contribution is -2.30. The molecular formula is C24H24F3N3O3. The number of amides is 1. The first-order valence-corrected chi connectivity index (χ1v) is 10.5. The van der Waals surface area contributed by atoms with Crippen LogP contribution in [0.15, 0.2) is 42.5 Å². The largest absolute Gasteiger partial charge is 0.497 e. The average Bonchev–Trinajstić information content (AvgIpc) is 3.31. The molecule has 0 saturated carbocycles. The number of ether oxygens (including phenoxy) is 2. The molecular weight excluding hydrogens is 435 g/mol. The van der Waals surface area contributed by atoms with Gasteiger partial charge in [-0.2, -0.15) is 18.3 Å². The zero-order valence-corrected chi connectivity index (χ0v) is 18.7. The SMILES string of the molecule is COc1ccc(N2C(=O)c3[nH]nc(CC(C)C)c3C2c2cccc(C(F)(F)F)c2)c(OC)c1. The second-order valence-corrected chi connectivity index (χ2v) is 8.30. The summed E-state index contributed by atoms with van der Waals surface area (Å²) in [6, 6.07) is 9.22. The van der Waals surface area contributed by atoms with E-state index in [0.717, 1.165) is 12.1 Å². The van der Waals surface area contributed by atoms with Gasteiger partial charge in [0, 0.05) is 11.6 Å². The predicted molar refractivity (Wildman–Crippen MR) is 117 cm³/mol. The molecule has 0 saturated heterocycles. The number of rotatable bonds is 6. The fraction of sp³-hybridized carbons (Fsp3) is 0.333. The monoisotopic (exact) mass is 459 g/mol. The molecule has 0 bridgehead atoms. The molecule has 9 heteroatoms. The molecule has 1 unspecified atom stereocenters. The predicted octanol–water partition coefficient (Wildman–Crippen LogP) is 5.39. The number of benzene rings is 2. The van der Waals surface area contributed by atoms with Crippen LogP contribution in [0.1, 0.15) is 52.8 Å². The zero-order chi connectivity index (χ0) is 23.9. The summed E-state index contributed by atoms with van der Waals surface area (Å²) in [5.74, 6) is 0.736. The molecule has 0 aliphatic carbocycles. The Morgan fingerprint density at radius 1 is 1.12 bits per heavy atom. The number of H-pyrrole nitrogens is 1. The fourth-order valence-electron chi connectivity index (χ4n) is 4.19. The van der Waals surface area contributed by atoms with Gasteiger partial charge in [0.15, 0.2) is 0 Å². The summed E-state index contributed by atoms with van der Waals surface area (Å²) >= 11 is 0. The van der Waals surface area contributed by atoms with Crippen LogP contribution in [-0.2, 0) is 12.6 Å².